The smallest absolute Gasteiger partial charge is 0.264 e. The van der Waals surface area contributed by atoms with Crippen LogP contribution in [-0.2, 0) is 21.4 Å². The van der Waals surface area contributed by atoms with Crippen molar-refractivity contribution >= 4 is 21.6 Å². The molecule has 0 aromatic heterocycles. The van der Waals surface area contributed by atoms with Gasteiger partial charge in [-0.05, 0) is 43.7 Å². The Hall–Kier alpha value is -3.12. The van der Waals surface area contributed by atoms with Crippen molar-refractivity contribution in [3.05, 3.63) is 95.6 Å². The second-order valence-corrected chi connectivity index (χ2v) is 9.26. The van der Waals surface area contributed by atoms with Gasteiger partial charge in [-0.2, -0.15) is 0 Å². The highest BCUT2D eigenvalue weighted by Gasteiger charge is 2.28. The van der Waals surface area contributed by atoms with Crippen LogP contribution in [0.4, 0.5) is 5.69 Å². The van der Waals surface area contributed by atoms with E-state index in [1.807, 2.05) is 50.2 Å². The highest BCUT2D eigenvalue weighted by atomic mass is 32.2. The number of carbonyl (C=O) groups excluding carboxylic acids is 1. The number of aryl methyl sites for hydroxylation is 2. The van der Waals surface area contributed by atoms with Crippen LogP contribution >= 0.6 is 0 Å². The van der Waals surface area contributed by atoms with Crippen LogP contribution in [-0.4, -0.2) is 32.8 Å². The molecule has 6 heteroatoms. The monoisotopic (exact) mass is 422 g/mol. The van der Waals surface area contributed by atoms with E-state index in [0.717, 1.165) is 16.7 Å². The minimum atomic E-state index is -3.89. The number of hydrogen-bond acceptors (Lipinski definition) is 3. The third kappa shape index (κ3) is 5.07. The van der Waals surface area contributed by atoms with Crippen LogP contribution in [0.2, 0.25) is 0 Å². The summed E-state index contributed by atoms with van der Waals surface area (Å²) in [6.45, 7) is 4.07. The van der Waals surface area contributed by atoms with Crippen molar-refractivity contribution < 1.29 is 13.2 Å². The van der Waals surface area contributed by atoms with Gasteiger partial charge in [0.25, 0.3) is 10.0 Å². The maximum absolute atomic E-state index is 13.3. The highest BCUT2D eigenvalue weighted by molar-refractivity contribution is 7.92. The summed E-state index contributed by atoms with van der Waals surface area (Å²) in [4.78, 5) is 14.7. The van der Waals surface area contributed by atoms with Crippen LogP contribution in [0, 0.1) is 13.8 Å². The third-order valence-electron chi connectivity index (χ3n) is 4.90. The zero-order chi connectivity index (χ0) is 21.7. The molecule has 5 nitrogen and oxygen atoms in total. The molecule has 0 aliphatic heterocycles. The molecule has 3 rings (SSSR count). The average Bonchev–Trinajstić information content (AvgIpc) is 2.74. The van der Waals surface area contributed by atoms with Gasteiger partial charge in [-0.1, -0.05) is 65.7 Å². The van der Waals surface area contributed by atoms with E-state index < -0.39 is 10.0 Å². The topological polar surface area (TPSA) is 57.7 Å². The van der Waals surface area contributed by atoms with E-state index in [0.29, 0.717) is 12.2 Å². The number of likely N-dealkylation sites (N-methyl/N-ethyl adjacent to an activating group) is 1. The predicted octanol–water partition coefficient (Wildman–Crippen LogP) is 4.16. The lowest BCUT2D eigenvalue weighted by molar-refractivity contribution is -0.128. The Morgan fingerprint density at radius 2 is 1.33 bits per heavy atom. The van der Waals surface area contributed by atoms with E-state index >= 15 is 0 Å². The molecule has 0 unspecified atom stereocenters. The lowest BCUT2D eigenvalue weighted by atomic mass is 10.1. The summed E-state index contributed by atoms with van der Waals surface area (Å²) in [6.07, 6.45) is 0. The van der Waals surface area contributed by atoms with Crippen molar-refractivity contribution in [1.29, 1.82) is 0 Å². The van der Waals surface area contributed by atoms with E-state index in [-0.39, 0.29) is 17.3 Å². The van der Waals surface area contributed by atoms with Gasteiger partial charge in [0.1, 0.15) is 6.54 Å². The Morgan fingerprint density at radius 3 is 1.90 bits per heavy atom. The SMILES string of the molecule is Cc1ccc(CN(C)C(=O)CN(c2ccc(C)cc2)S(=O)(=O)c2ccccc2)cc1. The zero-order valence-corrected chi connectivity index (χ0v) is 18.3. The van der Waals surface area contributed by atoms with Crippen LogP contribution in [0.25, 0.3) is 0 Å². The molecule has 0 aliphatic rings. The molecular weight excluding hydrogens is 396 g/mol. The van der Waals surface area contributed by atoms with Gasteiger partial charge in [-0.15, -0.1) is 0 Å². The summed E-state index contributed by atoms with van der Waals surface area (Å²) in [5.41, 5.74) is 3.61. The van der Waals surface area contributed by atoms with E-state index in [4.69, 9.17) is 0 Å². The number of rotatable bonds is 7. The molecule has 0 fully saturated rings. The number of benzene rings is 3. The first kappa shape index (κ1) is 21.6. The minimum Gasteiger partial charge on any atom is -0.340 e. The first-order chi connectivity index (χ1) is 14.3. The molecule has 0 bridgehead atoms. The normalized spacial score (nSPS) is 11.2. The molecule has 156 valence electrons. The first-order valence-corrected chi connectivity index (χ1v) is 11.2. The Bertz CT molecular complexity index is 1090. The highest BCUT2D eigenvalue weighted by Crippen LogP contribution is 2.24. The standard InChI is InChI=1S/C24H26N2O3S/c1-19-9-13-21(14-10-19)17-25(3)24(27)18-26(22-15-11-20(2)12-16-22)30(28,29)23-7-5-4-6-8-23/h4-16H,17-18H2,1-3H3. The lowest BCUT2D eigenvalue weighted by Gasteiger charge is -2.27. The van der Waals surface area contributed by atoms with Gasteiger partial charge < -0.3 is 4.90 Å². The van der Waals surface area contributed by atoms with Gasteiger partial charge in [0.2, 0.25) is 5.91 Å². The summed E-state index contributed by atoms with van der Waals surface area (Å²) in [7, 11) is -2.20. The molecule has 0 saturated carbocycles. The van der Waals surface area contributed by atoms with Crippen LogP contribution in [0.3, 0.4) is 0 Å². The van der Waals surface area contributed by atoms with Gasteiger partial charge in [0, 0.05) is 13.6 Å². The minimum absolute atomic E-state index is 0.152. The van der Waals surface area contributed by atoms with Crippen molar-refractivity contribution in [2.45, 2.75) is 25.3 Å². The number of amides is 1. The molecule has 0 heterocycles. The van der Waals surface area contributed by atoms with Crippen LogP contribution in [0.1, 0.15) is 16.7 Å². The predicted molar refractivity (Wildman–Crippen MR) is 120 cm³/mol. The van der Waals surface area contributed by atoms with Crippen molar-refractivity contribution in [3.63, 3.8) is 0 Å². The molecule has 0 radical (unpaired) electrons. The van der Waals surface area contributed by atoms with Crippen molar-refractivity contribution in [1.82, 2.24) is 4.90 Å². The Kier molecular flexibility index (Phi) is 6.57. The quantitative estimate of drug-likeness (QED) is 0.575. The fourth-order valence-electron chi connectivity index (χ4n) is 3.04. The maximum Gasteiger partial charge on any atom is 0.264 e. The van der Waals surface area contributed by atoms with Crippen molar-refractivity contribution in [2.24, 2.45) is 0 Å². The molecule has 0 N–H and O–H groups in total. The largest absolute Gasteiger partial charge is 0.340 e. The van der Waals surface area contributed by atoms with E-state index in [1.54, 1.807) is 42.3 Å². The fourth-order valence-corrected chi connectivity index (χ4v) is 4.48. The van der Waals surface area contributed by atoms with Gasteiger partial charge in [0.15, 0.2) is 0 Å². The molecule has 0 saturated heterocycles. The number of hydrogen-bond donors (Lipinski definition) is 0. The number of sulfonamides is 1. The Balaban J connectivity index is 1.87. The third-order valence-corrected chi connectivity index (χ3v) is 6.69. The van der Waals surface area contributed by atoms with E-state index in [2.05, 4.69) is 0 Å². The van der Waals surface area contributed by atoms with Crippen molar-refractivity contribution in [3.8, 4) is 0 Å². The molecule has 0 aliphatic carbocycles. The summed E-state index contributed by atoms with van der Waals surface area (Å²) in [6, 6.07) is 23.2. The lowest BCUT2D eigenvalue weighted by Crippen LogP contribution is -2.41. The van der Waals surface area contributed by atoms with E-state index in [9.17, 15) is 13.2 Å². The van der Waals surface area contributed by atoms with Gasteiger partial charge in [0.05, 0.1) is 10.6 Å². The van der Waals surface area contributed by atoms with Gasteiger partial charge in [-0.3, -0.25) is 9.10 Å². The summed E-state index contributed by atoms with van der Waals surface area (Å²) in [5.74, 6) is -0.282. The van der Waals surface area contributed by atoms with Crippen LogP contribution in [0.15, 0.2) is 83.8 Å². The summed E-state index contributed by atoms with van der Waals surface area (Å²) >= 11 is 0. The molecule has 3 aromatic rings. The Morgan fingerprint density at radius 1 is 0.800 bits per heavy atom. The number of anilines is 1. The molecule has 0 spiro atoms. The zero-order valence-electron chi connectivity index (χ0n) is 17.4. The molecule has 0 atom stereocenters. The van der Waals surface area contributed by atoms with Gasteiger partial charge >= 0.3 is 0 Å². The second-order valence-electron chi connectivity index (χ2n) is 7.40. The molecule has 1 amide bonds. The summed E-state index contributed by atoms with van der Waals surface area (Å²) in [5, 5.41) is 0. The average molecular weight is 423 g/mol. The molecule has 3 aromatic carbocycles. The maximum atomic E-state index is 13.3. The fraction of sp³-hybridized carbons (Fsp3) is 0.208. The van der Waals surface area contributed by atoms with Crippen LogP contribution < -0.4 is 4.31 Å². The van der Waals surface area contributed by atoms with Crippen molar-refractivity contribution in [2.75, 3.05) is 17.9 Å². The number of carbonyl (C=O) groups is 1. The second kappa shape index (κ2) is 9.13. The first-order valence-electron chi connectivity index (χ1n) is 9.71. The molecule has 30 heavy (non-hydrogen) atoms. The Labute approximate surface area is 178 Å². The summed E-state index contributed by atoms with van der Waals surface area (Å²) < 4.78 is 27.8. The van der Waals surface area contributed by atoms with Crippen LogP contribution in [0.5, 0.6) is 0 Å². The van der Waals surface area contributed by atoms with Gasteiger partial charge in [-0.25, -0.2) is 8.42 Å². The van der Waals surface area contributed by atoms with E-state index in [1.165, 1.54) is 16.4 Å². The molecular formula is C24H26N2O3S. The number of nitrogens with zero attached hydrogens (tertiary/aromatic N) is 2.